The van der Waals surface area contributed by atoms with Crippen LogP contribution in [0.1, 0.15) is 51.4 Å². The number of hydrogen-bond acceptors (Lipinski definition) is 3. The number of aliphatic hydroxyl groups is 1. The third-order valence-electron chi connectivity index (χ3n) is 4.94. The van der Waals surface area contributed by atoms with Gasteiger partial charge in [-0.15, -0.1) is 0 Å². The molecule has 0 aromatic carbocycles. The van der Waals surface area contributed by atoms with E-state index in [1.54, 1.807) is 0 Å². The molecule has 2 saturated heterocycles. The molecule has 17 heavy (non-hydrogen) atoms. The van der Waals surface area contributed by atoms with Gasteiger partial charge in [0.1, 0.15) is 0 Å². The Bertz CT molecular complexity index is 257. The van der Waals surface area contributed by atoms with E-state index in [1.807, 2.05) is 0 Å². The van der Waals surface area contributed by atoms with Crippen LogP contribution < -0.4 is 0 Å². The van der Waals surface area contributed by atoms with E-state index in [4.69, 9.17) is 4.74 Å². The van der Waals surface area contributed by atoms with Gasteiger partial charge in [-0.1, -0.05) is 19.3 Å². The lowest BCUT2D eigenvalue weighted by Crippen LogP contribution is -2.49. The maximum Gasteiger partial charge on any atom is 0.0697 e. The van der Waals surface area contributed by atoms with E-state index in [1.165, 1.54) is 38.5 Å². The SMILES string of the molecule is O[C@H]1CCN(C2CCOC3(CCCCC3)C2)C1. The van der Waals surface area contributed by atoms with Crippen LogP contribution in [0.25, 0.3) is 0 Å². The number of aliphatic hydroxyl groups excluding tert-OH is 1. The number of likely N-dealkylation sites (tertiary alicyclic amines) is 1. The van der Waals surface area contributed by atoms with Crippen molar-refractivity contribution in [2.45, 2.75) is 69.1 Å². The van der Waals surface area contributed by atoms with Gasteiger partial charge in [-0.3, -0.25) is 4.90 Å². The molecule has 3 nitrogen and oxygen atoms in total. The van der Waals surface area contributed by atoms with Gasteiger partial charge in [-0.05, 0) is 32.1 Å². The molecule has 0 aromatic rings. The summed E-state index contributed by atoms with van der Waals surface area (Å²) in [6, 6.07) is 0.666. The number of nitrogens with zero attached hydrogens (tertiary/aromatic N) is 1. The van der Waals surface area contributed by atoms with E-state index in [0.29, 0.717) is 6.04 Å². The normalized spacial score (nSPS) is 38.6. The molecule has 3 rings (SSSR count). The van der Waals surface area contributed by atoms with Crippen LogP contribution in [0, 0.1) is 0 Å². The molecule has 3 fully saturated rings. The lowest BCUT2D eigenvalue weighted by atomic mass is 9.78. The van der Waals surface area contributed by atoms with E-state index >= 15 is 0 Å². The van der Waals surface area contributed by atoms with Crippen LogP contribution in [0.4, 0.5) is 0 Å². The number of hydrogen-bond donors (Lipinski definition) is 1. The molecule has 0 radical (unpaired) electrons. The second-order valence-corrected chi connectivity index (χ2v) is 6.18. The third kappa shape index (κ3) is 2.51. The first-order chi connectivity index (χ1) is 8.27. The molecule has 3 aliphatic rings. The molecule has 1 aliphatic carbocycles. The van der Waals surface area contributed by atoms with Crippen molar-refractivity contribution in [2.24, 2.45) is 0 Å². The minimum absolute atomic E-state index is 0.0832. The Labute approximate surface area is 104 Å². The summed E-state index contributed by atoms with van der Waals surface area (Å²) in [5.74, 6) is 0. The van der Waals surface area contributed by atoms with Crippen molar-refractivity contribution in [2.75, 3.05) is 19.7 Å². The second-order valence-electron chi connectivity index (χ2n) is 6.18. The first-order valence-electron chi connectivity index (χ1n) is 7.34. The van der Waals surface area contributed by atoms with Crippen molar-refractivity contribution >= 4 is 0 Å². The van der Waals surface area contributed by atoms with E-state index in [-0.39, 0.29) is 11.7 Å². The largest absolute Gasteiger partial charge is 0.392 e. The lowest BCUT2D eigenvalue weighted by Gasteiger charge is -2.45. The minimum atomic E-state index is -0.0832. The average molecular weight is 239 g/mol. The third-order valence-corrected chi connectivity index (χ3v) is 4.94. The molecule has 0 bridgehead atoms. The van der Waals surface area contributed by atoms with Gasteiger partial charge in [0.2, 0.25) is 0 Å². The summed E-state index contributed by atoms with van der Waals surface area (Å²) in [6.45, 7) is 2.90. The van der Waals surface area contributed by atoms with Crippen molar-refractivity contribution in [3.05, 3.63) is 0 Å². The molecule has 1 N–H and O–H groups in total. The summed E-state index contributed by atoms with van der Waals surface area (Å²) < 4.78 is 6.13. The number of β-amino-alcohol motifs (C(OH)–C–C–N with tert-alkyl or cyclic N) is 1. The summed E-state index contributed by atoms with van der Waals surface area (Å²) in [5.41, 5.74) is 0.203. The van der Waals surface area contributed by atoms with Crippen molar-refractivity contribution in [3.8, 4) is 0 Å². The fourth-order valence-electron chi connectivity index (χ4n) is 3.96. The summed E-state index contributed by atoms with van der Waals surface area (Å²) in [7, 11) is 0. The Morgan fingerprint density at radius 2 is 1.94 bits per heavy atom. The van der Waals surface area contributed by atoms with Crippen LogP contribution in [0.5, 0.6) is 0 Å². The van der Waals surface area contributed by atoms with E-state index < -0.39 is 0 Å². The highest BCUT2D eigenvalue weighted by Gasteiger charge is 2.41. The molecule has 2 heterocycles. The molecule has 0 amide bonds. The molecule has 1 saturated carbocycles. The summed E-state index contributed by atoms with van der Waals surface area (Å²) in [6.07, 6.45) is 9.85. The van der Waals surface area contributed by atoms with Gasteiger partial charge in [-0.2, -0.15) is 0 Å². The lowest BCUT2D eigenvalue weighted by molar-refractivity contribution is -0.122. The van der Waals surface area contributed by atoms with Crippen molar-refractivity contribution in [3.63, 3.8) is 0 Å². The van der Waals surface area contributed by atoms with E-state index in [0.717, 1.165) is 32.5 Å². The van der Waals surface area contributed by atoms with E-state index in [9.17, 15) is 5.11 Å². The van der Waals surface area contributed by atoms with Crippen LogP contribution >= 0.6 is 0 Å². The average Bonchev–Trinajstić information content (AvgIpc) is 2.77. The Hall–Kier alpha value is -0.120. The van der Waals surface area contributed by atoms with Gasteiger partial charge in [0.15, 0.2) is 0 Å². The van der Waals surface area contributed by atoms with Crippen LogP contribution in [0.15, 0.2) is 0 Å². The fourth-order valence-corrected chi connectivity index (χ4v) is 3.96. The monoisotopic (exact) mass is 239 g/mol. The van der Waals surface area contributed by atoms with E-state index in [2.05, 4.69) is 4.90 Å². The first-order valence-corrected chi connectivity index (χ1v) is 7.34. The Balaban J connectivity index is 1.62. The zero-order valence-corrected chi connectivity index (χ0v) is 10.7. The zero-order valence-electron chi connectivity index (χ0n) is 10.7. The molecular weight excluding hydrogens is 214 g/mol. The van der Waals surface area contributed by atoms with Gasteiger partial charge >= 0.3 is 0 Å². The molecule has 1 spiro atoms. The van der Waals surface area contributed by atoms with Crippen molar-refractivity contribution < 1.29 is 9.84 Å². The van der Waals surface area contributed by atoms with Gasteiger partial charge in [0.05, 0.1) is 11.7 Å². The Kier molecular flexibility index (Phi) is 3.42. The van der Waals surface area contributed by atoms with Crippen molar-refractivity contribution in [1.29, 1.82) is 0 Å². The molecule has 98 valence electrons. The highest BCUT2D eigenvalue weighted by Crippen LogP contribution is 2.40. The minimum Gasteiger partial charge on any atom is -0.392 e. The molecular formula is C14H25NO2. The van der Waals surface area contributed by atoms with Crippen LogP contribution in [0.3, 0.4) is 0 Å². The maximum atomic E-state index is 9.66. The van der Waals surface area contributed by atoms with Gasteiger partial charge in [-0.25, -0.2) is 0 Å². The summed E-state index contributed by atoms with van der Waals surface area (Å²) >= 11 is 0. The van der Waals surface area contributed by atoms with Crippen LogP contribution in [0.2, 0.25) is 0 Å². The highest BCUT2D eigenvalue weighted by molar-refractivity contribution is 4.94. The Morgan fingerprint density at radius 3 is 2.65 bits per heavy atom. The molecule has 0 aromatic heterocycles. The quantitative estimate of drug-likeness (QED) is 0.759. The summed E-state index contributed by atoms with van der Waals surface area (Å²) in [4.78, 5) is 2.50. The van der Waals surface area contributed by atoms with Crippen molar-refractivity contribution in [1.82, 2.24) is 4.90 Å². The highest BCUT2D eigenvalue weighted by atomic mass is 16.5. The number of ether oxygens (including phenoxy) is 1. The fraction of sp³-hybridized carbons (Fsp3) is 1.00. The molecule has 2 aliphatic heterocycles. The summed E-state index contributed by atoms with van der Waals surface area (Å²) in [5, 5.41) is 9.66. The van der Waals surface area contributed by atoms with Gasteiger partial charge in [0.25, 0.3) is 0 Å². The Morgan fingerprint density at radius 1 is 1.12 bits per heavy atom. The number of rotatable bonds is 1. The van der Waals surface area contributed by atoms with Gasteiger partial charge < -0.3 is 9.84 Å². The molecule has 1 unspecified atom stereocenters. The first kappa shape index (κ1) is 11.9. The zero-order chi connectivity index (χ0) is 11.7. The molecule has 2 atom stereocenters. The second kappa shape index (κ2) is 4.87. The predicted octanol–water partition coefficient (Wildman–Crippen LogP) is 1.93. The topological polar surface area (TPSA) is 32.7 Å². The predicted molar refractivity (Wildman–Crippen MR) is 67.0 cm³/mol. The maximum absolute atomic E-state index is 9.66. The molecule has 3 heteroatoms. The standard InChI is InChI=1S/C14H25NO2/c16-13-4-8-15(11-13)12-5-9-17-14(10-12)6-2-1-3-7-14/h12-13,16H,1-11H2/t12?,13-/m0/s1. The smallest absolute Gasteiger partial charge is 0.0697 e. The van der Waals surface area contributed by atoms with Crippen LogP contribution in [-0.2, 0) is 4.74 Å². The van der Waals surface area contributed by atoms with Gasteiger partial charge in [0, 0.05) is 25.7 Å². The van der Waals surface area contributed by atoms with Crippen LogP contribution in [-0.4, -0.2) is 47.4 Å².